The fourth-order valence-corrected chi connectivity index (χ4v) is 2.39. The minimum absolute atomic E-state index is 0.0838. The van der Waals surface area contributed by atoms with Crippen LogP contribution < -0.4 is 11.2 Å². The zero-order valence-corrected chi connectivity index (χ0v) is 11.7. The van der Waals surface area contributed by atoms with E-state index < -0.39 is 17.4 Å². The minimum Gasteiger partial charge on any atom is -0.393 e. The van der Waals surface area contributed by atoms with Crippen LogP contribution in [0.1, 0.15) is 13.3 Å². The molecule has 0 aromatic carbocycles. The zero-order valence-electron chi connectivity index (χ0n) is 11.7. The predicted molar refractivity (Wildman–Crippen MR) is 72.3 cm³/mol. The molecule has 1 aliphatic heterocycles. The van der Waals surface area contributed by atoms with E-state index in [1.54, 1.807) is 11.8 Å². The number of aromatic nitrogens is 2. The van der Waals surface area contributed by atoms with E-state index in [1.807, 2.05) is 0 Å². The Labute approximate surface area is 116 Å². The summed E-state index contributed by atoms with van der Waals surface area (Å²) in [6.45, 7) is 2.74. The van der Waals surface area contributed by atoms with Crippen LogP contribution in [-0.2, 0) is 18.4 Å². The van der Waals surface area contributed by atoms with Gasteiger partial charge in [0.2, 0.25) is 5.91 Å². The van der Waals surface area contributed by atoms with Gasteiger partial charge in [0.05, 0.1) is 6.10 Å². The third-order valence-electron chi connectivity index (χ3n) is 3.83. The van der Waals surface area contributed by atoms with Gasteiger partial charge in [0, 0.05) is 38.3 Å². The number of hydrogen-bond acceptors (Lipinski definition) is 4. The van der Waals surface area contributed by atoms with Crippen molar-refractivity contribution in [3.05, 3.63) is 33.1 Å². The average Bonchev–Trinajstić information content (AvgIpc) is 2.89. The van der Waals surface area contributed by atoms with Crippen LogP contribution >= 0.6 is 0 Å². The summed E-state index contributed by atoms with van der Waals surface area (Å²) < 4.78 is 2.19. The summed E-state index contributed by atoms with van der Waals surface area (Å²) in [6.07, 6.45) is 1.67. The predicted octanol–water partition coefficient (Wildman–Crippen LogP) is -1.22. The number of carbonyl (C=O) groups is 1. The number of hydrogen-bond donors (Lipinski definition) is 1. The number of aliphatic hydroxyl groups is 1. The maximum absolute atomic E-state index is 12.1. The van der Waals surface area contributed by atoms with Gasteiger partial charge in [-0.1, -0.05) is 0 Å². The highest BCUT2D eigenvalue weighted by atomic mass is 16.3. The van der Waals surface area contributed by atoms with Crippen molar-refractivity contribution in [3.8, 4) is 0 Å². The molecule has 1 saturated heterocycles. The van der Waals surface area contributed by atoms with E-state index in [4.69, 9.17) is 0 Å². The lowest BCUT2D eigenvalue weighted by Gasteiger charge is -2.18. The Balaban J connectivity index is 2.08. The van der Waals surface area contributed by atoms with Crippen molar-refractivity contribution in [1.29, 1.82) is 0 Å². The van der Waals surface area contributed by atoms with E-state index >= 15 is 0 Å². The highest BCUT2D eigenvalue weighted by Crippen LogP contribution is 2.19. The molecule has 110 valence electrons. The van der Waals surface area contributed by atoms with Crippen molar-refractivity contribution in [2.75, 3.05) is 13.1 Å². The quantitative estimate of drug-likeness (QED) is 0.752. The Morgan fingerprint density at radius 2 is 2.20 bits per heavy atom. The van der Waals surface area contributed by atoms with E-state index in [1.165, 1.54) is 23.9 Å². The molecule has 2 heterocycles. The Hall–Kier alpha value is -1.89. The molecule has 1 fully saturated rings. The van der Waals surface area contributed by atoms with Gasteiger partial charge in [-0.2, -0.15) is 0 Å². The number of likely N-dealkylation sites (tertiary alicyclic amines) is 1. The number of nitrogens with zero attached hydrogens (tertiary/aromatic N) is 3. The van der Waals surface area contributed by atoms with Crippen LogP contribution in [0, 0.1) is 5.92 Å². The second kappa shape index (κ2) is 5.62. The van der Waals surface area contributed by atoms with E-state index in [2.05, 4.69) is 0 Å². The lowest BCUT2D eigenvalue weighted by molar-refractivity contribution is -0.131. The number of carbonyl (C=O) groups excluding carboxylic acids is 1. The smallest absolute Gasteiger partial charge is 0.331 e. The third kappa shape index (κ3) is 2.82. The van der Waals surface area contributed by atoms with Crippen LogP contribution in [-0.4, -0.2) is 44.2 Å². The molecule has 0 saturated carbocycles. The zero-order chi connectivity index (χ0) is 14.9. The monoisotopic (exact) mass is 281 g/mol. The Morgan fingerprint density at radius 3 is 2.80 bits per heavy atom. The molecule has 2 atom stereocenters. The summed E-state index contributed by atoms with van der Waals surface area (Å²) in [5.41, 5.74) is -0.897. The van der Waals surface area contributed by atoms with Crippen molar-refractivity contribution < 1.29 is 9.90 Å². The van der Waals surface area contributed by atoms with Gasteiger partial charge in [0.15, 0.2) is 0 Å². The SMILES string of the molecule is CC(O)C1CCN(C(=O)Cn2ccc(=O)n(C)c2=O)C1. The van der Waals surface area contributed by atoms with Crippen LogP contribution in [0.25, 0.3) is 0 Å². The summed E-state index contributed by atoms with van der Waals surface area (Å²) >= 11 is 0. The molecule has 7 heteroatoms. The van der Waals surface area contributed by atoms with Crippen molar-refractivity contribution in [2.45, 2.75) is 26.0 Å². The molecule has 1 aromatic heterocycles. The molecule has 0 radical (unpaired) electrons. The first-order chi connectivity index (χ1) is 9.40. The highest BCUT2D eigenvalue weighted by Gasteiger charge is 2.29. The van der Waals surface area contributed by atoms with E-state index in [0.717, 1.165) is 11.0 Å². The van der Waals surface area contributed by atoms with E-state index in [-0.39, 0.29) is 18.4 Å². The maximum atomic E-state index is 12.1. The van der Waals surface area contributed by atoms with Crippen LogP contribution in [0.5, 0.6) is 0 Å². The number of amides is 1. The van der Waals surface area contributed by atoms with Gasteiger partial charge in [-0.05, 0) is 13.3 Å². The average molecular weight is 281 g/mol. The highest BCUT2D eigenvalue weighted by molar-refractivity contribution is 5.76. The fraction of sp³-hybridized carbons (Fsp3) is 0.615. The van der Waals surface area contributed by atoms with Gasteiger partial charge in [-0.15, -0.1) is 0 Å². The Bertz CT molecular complexity index is 617. The van der Waals surface area contributed by atoms with Crippen LogP contribution in [0.4, 0.5) is 0 Å². The van der Waals surface area contributed by atoms with Crippen LogP contribution in [0.2, 0.25) is 0 Å². The van der Waals surface area contributed by atoms with Crippen molar-refractivity contribution in [2.24, 2.45) is 13.0 Å². The molecule has 0 bridgehead atoms. The second-order valence-electron chi connectivity index (χ2n) is 5.25. The van der Waals surface area contributed by atoms with E-state index in [0.29, 0.717) is 13.1 Å². The normalized spacial score (nSPS) is 20.1. The van der Waals surface area contributed by atoms with Crippen molar-refractivity contribution in [3.63, 3.8) is 0 Å². The van der Waals surface area contributed by atoms with Crippen molar-refractivity contribution >= 4 is 5.91 Å². The summed E-state index contributed by atoms with van der Waals surface area (Å²) in [7, 11) is 1.38. The first-order valence-electron chi connectivity index (χ1n) is 6.62. The van der Waals surface area contributed by atoms with Gasteiger partial charge < -0.3 is 10.0 Å². The molecule has 1 amide bonds. The lowest BCUT2D eigenvalue weighted by atomic mass is 10.0. The van der Waals surface area contributed by atoms with Crippen molar-refractivity contribution in [1.82, 2.24) is 14.0 Å². The minimum atomic E-state index is -0.503. The molecule has 20 heavy (non-hydrogen) atoms. The summed E-state index contributed by atoms with van der Waals surface area (Å²) in [4.78, 5) is 36.9. The molecule has 0 spiro atoms. The van der Waals surface area contributed by atoms with Gasteiger partial charge in [-0.25, -0.2) is 4.79 Å². The first-order valence-corrected chi connectivity index (χ1v) is 6.62. The van der Waals surface area contributed by atoms with Crippen LogP contribution in [0.15, 0.2) is 21.9 Å². The Kier molecular flexibility index (Phi) is 4.08. The lowest BCUT2D eigenvalue weighted by Crippen LogP contribution is -2.41. The van der Waals surface area contributed by atoms with E-state index in [9.17, 15) is 19.5 Å². The largest absolute Gasteiger partial charge is 0.393 e. The van der Waals surface area contributed by atoms with Gasteiger partial charge >= 0.3 is 5.69 Å². The second-order valence-corrected chi connectivity index (χ2v) is 5.25. The standard InChI is InChI=1S/C13H19N3O4/c1-9(17)10-3-5-15(7-10)12(19)8-16-6-4-11(18)14(2)13(16)20/h4,6,9-10,17H,3,5,7-8H2,1-2H3. The maximum Gasteiger partial charge on any atom is 0.331 e. The molecular weight excluding hydrogens is 262 g/mol. The first kappa shape index (κ1) is 14.5. The molecule has 0 aliphatic carbocycles. The van der Waals surface area contributed by atoms with Crippen LogP contribution in [0.3, 0.4) is 0 Å². The summed E-state index contributed by atoms with van der Waals surface area (Å²) in [5.74, 6) is -0.0790. The molecule has 1 aliphatic rings. The van der Waals surface area contributed by atoms with Gasteiger partial charge in [0.25, 0.3) is 5.56 Å². The Morgan fingerprint density at radius 1 is 1.50 bits per heavy atom. The summed E-state index contributed by atoms with van der Waals surface area (Å²) in [5, 5.41) is 9.52. The van der Waals surface area contributed by atoms with Gasteiger partial charge in [-0.3, -0.25) is 18.7 Å². The molecule has 1 N–H and O–H groups in total. The third-order valence-corrected chi connectivity index (χ3v) is 3.83. The number of rotatable bonds is 3. The molecular formula is C13H19N3O4. The molecule has 7 nitrogen and oxygen atoms in total. The topological polar surface area (TPSA) is 84.5 Å². The molecule has 2 rings (SSSR count). The molecule has 1 aromatic rings. The summed E-state index contributed by atoms with van der Waals surface area (Å²) in [6, 6.07) is 1.26. The van der Waals surface area contributed by atoms with Gasteiger partial charge in [0.1, 0.15) is 6.54 Å². The number of aliphatic hydroxyl groups excluding tert-OH is 1. The fourth-order valence-electron chi connectivity index (χ4n) is 2.39. The molecule has 2 unspecified atom stereocenters.